The minimum absolute atomic E-state index is 0.0765. The molecule has 0 saturated heterocycles. The first-order valence-corrected chi connectivity index (χ1v) is 9.16. The van der Waals surface area contributed by atoms with Gasteiger partial charge in [-0.2, -0.15) is 0 Å². The highest BCUT2D eigenvalue weighted by atomic mass is 32.1. The Morgan fingerprint density at radius 1 is 1.18 bits per heavy atom. The number of hydrogen-bond donors (Lipinski definition) is 2. The maximum atomic E-state index is 12.6. The number of carbonyl (C=O) groups excluding carboxylic acids is 1. The van der Waals surface area contributed by atoms with E-state index in [9.17, 15) is 4.79 Å². The van der Waals surface area contributed by atoms with Crippen LogP contribution in [0.1, 0.15) is 42.5 Å². The van der Waals surface area contributed by atoms with Gasteiger partial charge in [0, 0.05) is 22.2 Å². The van der Waals surface area contributed by atoms with Crippen LogP contribution >= 0.6 is 11.3 Å². The SMILES string of the molecule is O=C(NC1CCCCC1)[C@H]1Cc2c(sc3ccccc23)CN1. The molecule has 22 heavy (non-hydrogen) atoms. The third-order valence-electron chi connectivity index (χ3n) is 4.97. The van der Waals surface area contributed by atoms with Crippen molar-refractivity contribution in [1.82, 2.24) is 10.6 Å². The number of nitrogens with one attached hydrogen (secondary N) is 2. The molecule has 0 unspecified atom stereocenters. The lowest BCUT2D eigenvalue weighted by Crippen LogP contribution is -2.50. The Labute approximate surface area is 135 Å². The van der Waals surface area contributed by atoms with Crippen LogP contribution in [0.3, 0.4) is 0 Å². The van der Waals surface area contributed by atoms with Gasteiger partial charge in [-0.1, -0.05) is 37.5 Å². The van der Waals surface area contributed by atoms with Crippen molar-refractivity contribution in [3.05, 3.63) is 34.7 Å². The summed E-state index contributed by atoms with van der Waals surface area (Å²) in [5.74, 6) is 0.188. The highest BCUT2D eigenvalue weighted by Crippen LogP contribution is 2.34. The van der Waals surface area contributed by atoms with Crippen molar-refractivity contribution >= 4 is 27.3 Å². The maximum Gasteiger partial charge on any atom is 0.237 e. The van der Waals surface area contributed by atoms with Crippen LogP contribution < -0.4 is 10.6 Å². The maximum absolute atomic E-state index is 12.6. The molecule has 1 aromatic carbocycles. The Hall–Kier alpha value is -1.39. The number of carbonyl (C=O) groups is 1. The summed E-state index contributed by atoms with van der Waals surface area (Å²) >= 11 is 1.85. The van der Waals surface area contributed by atoms with E-state index in [0.29, 0.717) is 6.04 Å². The first-order valence-electron chi connectivity index (χ1n) is 8.34. The summed E-state index contributed by atoms with van der Waals surface area (Å²) < 4.78 is 1.34. The minimum Gasteiger partial charge on any atom is -0.352 e. The van der Waals surface area contributed by atoms with Crippen LogP contribution in [0.15, 0.2) is 24.3 Å². The zero-order chi connectivity index (χ0) is 14.9. The molecule has 1 aliphatic carbocycles. The van der Waals surface area contributed by atoms with E-state index >= 15 is 0 Å². The van der Waals surface area contributed by atoms with Crippen molar-refractivity contribution in [3.8, 4) is 0 Å². The van der Waals surface area contributed by atoms with Crippen molar-refractivity contribution in [1.29, 1.82) is 0 Å². The average molecular weight is 314 g/mol. The van der Waals surface area contributed by atoms with Crippen molar-refractivity contribution in [2.45, 2.75) is 57.2 Å². The molecule has 0 radical (unpaired) electrons. The van der Waals surface area contributed by atoms with E-state index in [4.69, 9.17) is 0 Å². The predicted molar refractivity (Wildman–Crippen MR) is 91.2 cm³/mol. The lowest BCUT2D eigenvalue weighted by molar-refractivity contribution is -0.124. The number of benzene rings is 1. The van der Waals surface area contributed by atoms with Crippen molar-refractivity contribution < 1.29 is 4.79 Å². The number of rotatable bonds is 2. The fourth-order valence-corrected chi connectivity index (χ4v) is 4.93. The van der Waals surface area contributed by atoms with E-state index in [0.717, 1.165) is 25.8 Å². The third kappa shape index (κ3) is 2.66. The largest absolute Gasteiger partial charge is 0.352 e. The first-order chi connectivity index (χ1) is 10.8. The molecular formula is C18H22N2OS. The fourth-order valence-electron chi connectivity index (χ4n) is 3.74. The molecule has 4 heteroatoms. The second kappa shape index (κ2) is 6.01. The van der Waals surface area contributed by atoms with Crippen molar-refractivity contribution in [2.24, 2.45) is 0 Å². The zero-order valence-corrected chi connectivity index (χ0v) is 13.5. The smallest absolute Gasteiger partial charge is 0.237 e. The van der Waals surface area contributed by atoms with E-state index in [1.165, 1.54) is 39.8 Å². The van der Waals surface area contributed by atoms with Gasteiger partial charge in [0.25, 0.3) is 0 Å². The topological polar surface area (TPSA) is 41.1 Å². The Bertz CT molecular complexity index is 687. The van der Waals surface area contributed by atoms with E-state index < -0.39 is 0 Å². The van der Waals surface area contributed by atoms with Crippen LogP contribution in [0, 0.1) is 0 Å². The van der Waals surface area contributed by atoms with E-state index in [1.54, 1.807) is 0 Å². The number of amides is 1. The molecule has 1 atom stereocenters. The van der Waals surface area contributed by atoms with E-state index in [1.807, 2.05) is 11.3 Å². The standard InChI is InChI=1S/C18H22N2OS/c21-18(20-12-6-2-1-3-7-12)15-10-14-13-8-4-5-9-16(13)22-17(14)11-19-15/h4-5,8-9,12,15,19H,1-3,6-7,10-11H2,(H,20,21)/t15-/m1/s1. The van der Waals surface area contributed by atoms with Gasteiger partial charge in [-0.15, -0.1) is 11.3 Å². The summed E-state index contributed by atoms with van der Waals surface area (Å²) in [6.07, 6.45) is 6.93. The van der Waals surface area contributed by atoms with Gasteiger partial charge in [0.05, 0.1) is 6.04 Å². The van der Waals surface area contributed by atoms with Crippen LogP contribution in [-0.4, -0.2) is 18.0 Å². The van der Waals surface area contributed by atoms with Crippen LogP contribution in [0.25, 0.3) is 10.1 Å². The molecule has 2 aromatic rings. The highest BCUT2D eigenvalue weighted by molar-refractivity contribution is 7.19. The number of hydrogen-bond acceptors (Lipinski definition) is 3. The first kappa shape index (κ1) is 14.2. The van der Waals surface area contributed by atoms with Crippen LogP contribution in [0.5, 0.6) is 0 Å². The molecule has 1 fully saturated rings. The summed E-state index contributed by atoms with van der Waals surface area (Å²) in [6, 6.07) is 8.86. The van der Waals surface area contributed by atoms with Crippen molar-refractivity contribution in [3.63, 3.8) is 0 Å². The third-order valence-corrected chi connectivity index (χ3v) is 6.18. The van der Waals surface area contributed by atoms with Gasteiger partial charge in [-0.05, 0) is 36.3 Å². The summed E-state index contributed by atoms with van der Waals surface area (Å²) in [5.41, 5.74) is 1.38. The lowest BCUT2D eigenvalue weighted by atomic mass is 9.94. The second-order valence-corrected chi connectivity index (χ2v) is 7.62. The van der Waals surface area contributed by atoms with Gasteiger partial charge in [0.1, 0.15) is 0 Å². The molecule has 1 amide bonds. The molecule has 0 bridgehead atoms. The van der Waals surface area contributed by atoms with Gasteiger partial charge >= 0.3 is 0 Å². The molecular weight excluding hydrogens is 292 g/mol. The molecule has 2 N–H and O–H groups in total. The van der Waals surface area contributed by atoms with Gasteiger partial charge in [0.15, 0.2) is 0 Å². The molecule has 1 saturated carbocycles. The van der Waals surface area contributed by atoms with Crippen molar-refractivity contribution in [2.75, 3.05) is 0 Å². The second-order valence-electron chi connectivity index (χ2n) is 6.48. The summed E-state index contributed by atoms with van der Waals surface area (Å²) in [5, 5.41) is 8.02. The molecule has 4 rings (SSSR count). The molecule has 2 heterocycles. The molecule has 3 nitrogen and oxygen atoms in total. The van der Waals surface area contributed by atoms with Gasteiger partial charge in [-0.25, -0.2) is 0 Å². The van der Waals surface area contributed by atoms with Gasteiger partial charge in [-0.3, -0.25) is 4.79 Å². The van der Waals surface area contributed by atoms with Crippen LogP contribution in [0.2, 0.25) is 0 Å². The molecule has 2 aliphatic rings. The quantitative estimate of drug-likeness (QED) is 0.892. The van der Waals surface area contributed by atoms with E-state index in [-0.39, 0.29) is 11.9 Å². The molecule has 1 aliphatic heterocycles. The van der Waals surface area contributed by atoms with Gasteiger partial charge in [0.2, 0.25) is 5.91 Å². The van der Waals surface area contributed by atoms with Crippen LogP contribution in [0.4, 0.5) is 0 Å². The molecule has 1 aromatic heterocycles. The molecule has 0 spiro atoms. The fraction of sp³-hybridized carbons (Fsp3) is 0.500. The zero-order valence-electron chi connectivity index (χ0n) is 12.7. The minimum atomic E-state index is -0.0765. The number of thiophene rings is 1. The van der Waals surface area contributed by atoms with Gasteiger partial charge < -0.3 is 10.6 Å². The van der Waals surface area contributed by atoms with E-state index in [2.05, 4.69) is 34.9 Å². The average Bonchev–Trinajstić information content (AvgIpc) is 2.93. The summed E-state index contributed by atoms with van der Waals surface area (Å²) in [6.45, 7) is 0.817. The van der Waals surface area contributed by atoms with Crippen LogP contribution in [-0.2, 0) is 17.8 Å². The molecule has 116 valence electrons. The lowest BCUT2D eigenvalue weighted by Gasteiger charge is -2.28. The Balaban J connectivity index is 1.50. The highest BCUT2D eigenvalue weighted by Gasteiger charge is 2.28. The number of fused-ring (bicyclic) bond motifs is 3. The Kier molecular flexibility index (Phi) is 3.89. The Morgan fingerprint density at radius 3 is 2.86 bits per heavy atom. The predicted octanol–water partition coefficient (Wildman–Crippen LogP) is 3.36. The monoisotopic (exact) mass is 314 g/mol. The summed E-state index contributed by atoms with van der Waals surface area (Å²) in [7, 11) is 0. The summed E-state index contributed by atoms with van der Waals surface area (Å²) in [4.78, 5) is 14.0. The Morgan fingerprint density at radius 2 is 2.00 bits per heavy atom. The normalized spacial score (nSPS) is 22.5.